The highest BCUT2D eigenvalue weighted by atomic mass is 16.6. The Morgan fingerprint density at radius 1 is 0.788 bits per heavy atom. The first kappa shape index (κ1) is 24.6. The van der Waals surface area contributed by atoms with Gasteiger partial charge < -0.3 is 33.2 Å². The molecule has 178 valence electrons. The number of methoxy groups -OCH3 is 2. The number of carbonyl (C=O) groups excluding carboxylic acids is 1. The van der Waals surface area contributed by atoms with Crippen LogP contribution in [0.15, 0.2) is 42.5 Å². The lowest BCUT2D eigenvalue weighted by atomic mass is 10.0. The summed E-state index contributed by atoms with van der Waals surface area (Å²) in [6.07, 6.45) is 1.72. The summed E-state index contributed by atoms with van der Waals surface area (Å²) in [7, 11) is 2.90. The molecule has 0 radical (unpaired) electrons. The summed E-state index contributed by atoms with van der Waals surface area (Å²) in [4.78, 5) is 12.5. The maximum absolute atomic E-state index is 12.5. The number of esters is 1. The van der Waals surface area contributed by atoms with E-state index in [1.54, 1.807) is 19.3 Å². The Labute approximate surface area is 193 Å². The quantitative estimate of drug-likeness (QED) is 0.393. The van der Waals surface area contributed by atoms with Gasteiger partial charge in [-0.2, -0.15) is 0 Å². The molecule has 8 heteroatoms. The van der Waals surface area contributed by atoms with Gasteiger partial charge in [0, 0.05) is 5.56 Å². The number of benzene rings is 2. The van der Waals surface area contributed by atoms with E-state index in [1.807, 2.05) is 36.4 Å². The minimum Gasteiger partial charge on any atom is -0.492 e. The van der Waals surface area contributed by atoms with Crippen LogP contribution in [0.25, 0.3) is 11.6 Å². The molecule has 0 fully saturated rings. The van der Waals surface area contributed by atoms with Crippen molar-refractivity contribution in [2.24, 2.45) is 0 Å². The van der Waals surface area contributed by atoms with Gasteiger partial charge in [-0.05, 0) is 23.8 Å². The Hall–Kier alpha value is -3.07. The van der Waals surface area contributed by atoms with Crippen molar-refractivity contribution in [3.8, 4) is 17.2 Å². The van der Waals surface area contributed by atoms with Crippen molar-refractivity contribution in [1.82, 2.24) is 0 Å². The van der Waals surface area contributed by atoms with Crippen LogP contribution < -0.4 is 14.2 Å². The summed E-state index contributed by atoms with van der Waals surface area (Å²) in [5.41, 5.74) is 1.77. The normalized spacial score (nSPS) is 16.2. The van der Waals surface area contributed by atoms with Gasteiger partial charge in [-0.15, -0.1) is 0 Å². The van der Waals surface area contributed by atoms with E-state index in [1.165, 1.54) is 7.11 Å². The highest BCUT2D eigenvalue weighted by Gasteiger charge is 2.19. The van der Waals surface area contributed by atoms with E-state index in [2.05, 4.69) is 0 Å². The van der Waals surface area contributed by atoms with Crippen molar-refractivity contribution in [3.05, 3.63) is 53.6 Å². The fourth-order valence-corrected chi connectivity index (χ4v) is 3.23. The molecule has 0 saturated heterocycles. The van der Waals surface area contributed by atoms with Gasteiger partial charge in [-0.25, -0.2) is 4.79 Å². The van der Waals surface area contributed by atoms with Gasteiger partial charge in [-0.1, -0.05) is 30.3 Å². The van der Waals surface area contributed by atoms with E-state index in [4.69, 9.17) is 33.2 Å². The Balaban J connectivity index is 1.95. The Morgan fingerprint density at radius 3 is 2.00 bits per heavy atom. The van der Waals surface area contributed by atoms with Crippen LogP contribution in [-0.2, 0) is 23.7 Å². The highest BCUT2D eigenvalue weighted by Crippen LogP contribution is 2.41. The molecule has 1 aliphatic rings. The van der Waals surface area contributed by atoms with Crippen molar-refractivity contribution < 1.29 is 38.0 Å². The van der Waals surface area contributed by atoms with Crippen molar-refractivity contribution >= 4 is 17.6 Å². The summed E-state index contributed by atoms with van der Waals surface area (Å²) in [6.45, 7) is 3.35. The molecule has 0 N–H and O–H groups in total. The summed E-state index contributed by atoms with van der Waals surface area (Å²) >= 11 is 0. The summed E-state index contributed by atoms with van der Waals surface area (Å²) in [5, 5.41) is 0. The van der Waals surface area contributed by atoms with Crippen LogP contribution in [0.5, 0.6) is 17.2 Å². The molecule has 0 bridgehead atoms. The van der Waals surface area contributed by atoms with Gasteiger partial charge in [0.1, 0.15) is 13.2 Å². The van der Waals surface area contributed by atoms with Crippen LogP contribution in [-0.4, -0.2) is 73.0 Å². The van der Waals surface area contributed by atoms with Crippen LogP contribution in [0.2, 0.25) is 0 Å². The largest absolute Gasteiger partial charge is 0.492 e. The molecular weight excluding hydrogens is 428 g/mol. The van der Waals surface area contributed by atoms with Crippen molar-refractivity contribution in [1.29, 1.82) is 0 Å². The second-order valence-corrected chi connectivity index (χ2v) is 6.96. The lowest BCUT2D eigenvalue weighted by Gasteiger charge is -2.18. The molecule has 1 aliphatic heterocycles. The average Bonchev–Trinajstić information content (AvgIpc) is 2.86. The number of hydrogen-bond acceptors (Lipinski definition) is 8. The average molecular weight is 459 g/mol. The molecular formula is C25H30O8. The molecule has 2 aromatic rings. The first-order valence-corrected chi connectivity index (χ1v) is 10.8. The molecule has 0 saturated carbocycles. The standard InChI is InChI=1S/C25H30O8/c1-27-23-20(18-21(25(26)28-2)19-6-4-3-5-7-19)8-9-22-24(23)33-17-15-31-13-11-29-10-12-30-14-16-32-22/h3-9,18H,10-17H2,1-2H3/b21-18-. The Bertz CT molecular complexity index is 910. The number of carbonyl (C=O) groups is 1. The summed E-state index contributed by atoms with van der Waals surface area (Å²) < 4.78 is 39.1. The van der Waals surface area contributed by atoms with Gasteiger partial charge >= 0.3 is 5.97 Å². The maximum atomic E-state index is 12.5. The summed E-state index contributed by atoms with van der Waals surface area (Å²) in [6, 6.07) is 12.9. The molecule has 0 atom stereocenters. The number of rotatable bonds is 4. The van der Waals surface area contributed by atoms with E-state index in [-0.39, 0.29) is 0 Å². The maximum Gasteiger partial charge on any atom is 0.338 e. The second-order valence-electron chi connectivity index (χ2n) is 6.96. The predicted octanol–water partition coefficient (Wildman–Crippen LogP) is 3.23. The number of fused-ring (bicyclic) bond motifs is 1. The van der Waals surface area contributed by atoms with Crippen LogP contribution in [0, 0.1) is 0 Å². The van der Waals surface area contributed by atoms with Crippen LogP contribution in [0.3, 0.4) is 0 Å². The molecule has 0 amide bonds. The van der Waals surface area contributed by atoms with Gasteiger partial charge in [0.2, 0.25) is 5.75 Å². The van der Waals surface area contributed by atoms with E-state index < -0.39 is 5.97 Å². The molecule has 0 aliphatic carbocycles. The van der Waals surface area contributed by atoms with Crippen LogP contribution in [0.1, 0.15) is 11.1 Å². The lowest BCUT2D eigenvalue weighted by Crippen LogP contribution is -2.13. The van der Waals surface area contributed by atoms with Gasteiger partial charge in [0.25, 0.3) is 0 Å². The third kappa shape index (κ3) is 7.21. The number of ether oxygens (including phenoxy) is 7. The number of hydrogen-bond donors (Lipinski definition) is 0. The third-order valence-electron chi connectivity index (χ3n) is 4.80. The van der Waals surface area contributed by atoms with E-state index in [0.29, 0.717) is 81.2 Å². The zero-order valence-electron chi connectivity index (χ0n) is 19.0. The highest BCUT2D eigenvalue weighted by molar-refractivity contribution is 6.21. The summed E-state index contributed by atoms with van der Waals surface area (Å²) in [5.74, 6) is 0.930. The van der Waals surface area contributed by atoms with Crippen molar-refractivity contribution in [2.45, 2.75) is 0 Å². The topological polar surface area (TPSA) is 81.7 Å². The fourth-order valence-electron chi connectivity index (χ4n) is 3.23. The van der Waals surface area contributed by atoms with Gasteiger partial charge in [0.15, 0.2) is 11.5 Å². The van der Waals surface area contributed by atoms with E-state index >= 15 is 0 Å². The molecule has 0 spiro atoms. The molecule has 3 rings (SSSR count). The zero-order valence-corrected chi connectivity index (χ0v) is 19.0. The van der Waals surface area contributed by atoms with Crippen LogP contribution >= 0.6 is 0 Å². The molecule has 0 aromatic heterocycles. The monoisotopic (exact) mass is 458 g/mol. The predicted molar refractivity (Wildman–Crippen MR) is 123 cm³/mol. The van der Waals surface area contributed by atoms with Gasteiger partial charge in [-0.3, -0.25) is 0 Å². The first-order valence-electron chi connectivity index (χ1n) is 10.8. The molecule has 2 aromatic carbocycles. The Morgan fingerprint density at radius 2 is 1.39 bits per heavy atom. The van der Waals surface area contributed by atoms with Crippen LogP contribution in [0.4, 0.5) is 0 Å². The third-order valence-corrected chi connectivity index (χ3v) is 4.80. The zero-order chi connectivity index (χ0) is 23.3. The minimum atomic E-state index is -0.454. The molecule has 33 heavy (non-hydrogen) atoms. The van der Waals surface area contributed by atoms with E-state index in [0.717, 1.165) is 5.56 Å². The molecule has 8 nitrogen and oxygen atoms in total. The Kier molecular flexibility index (Phi) is 10.0. The van der Waals surface area contributed by atoms with Crippen molar-refractivity contribution in [3.63, 3.8) is 0 Å². The van der Waals surface area contributed by atoms with Gasteiger partial charge in [0.05, 0.1) is 59.4 Å². The smallest absolute Gasteiger partial charge is 0.338 e. The first-order chi connectivity index (χ1) is 16.2. The fraction of sp³-hybridized carbons (Fsp3) is 0.400. The van der Waals surface area contributed by atoms with E-state index in [9.17, 15) is 4.79 Å². The SMILES string of the molecule is COC(=O)/C(=C\c1ccc2c(c1OC)OCCOCCOCCOCCO2)c1ccccc1. The lowest BCUT2D eigenvalue weighted by molar-refractivity contribution is -0.133. The second kappa shape index (κ2) is 13.5. The molecule has 0 unspecified atom stereocenters. The van der Waals surface area contributed by atoms with Crippen molar-refractivity contribution in [2.75, 3.05) is 67.1 Å². The minimum absolute atomic E-state index is 0.291. The molecule has 1 heterocycles.